The monoisotopic (exact) mass is 293 g/mol. The molecule has 2 N–H and O–H groups in total. The van der Waals surface area contributed by atoms with Gasteiger partial charge in [-0.05, 0) is 37.8 Å². The predicted molar refractivity (Wildman–Crippen MR) is 88.4 cm³/mol. The first-order valence-electron chi connectivity index (χ1n) is 8.08. The van der Waals surface area contributed by atoms with E-state index in [1.165, 1.54) is 0 Å². The van der Waals surface area contributed by atoms with Crippen LogP contribution in [0.15, 0.2) is 30.3 Å². The zero-order chi connectivity index (χ0) is 15.7. The van der Waals surface area contributed by atoms with E-state index in [1.54, 1.807) is 0 Å². The molecule has 0 fully saturated rings. The van der Waals surface area contributed by atoms with Crippen LogP contribution < -0.4 is 5.32 Å². The lowest BCUT2D eigenvalue weighted by atomic mass is 9.87. The van der Waals surface area contributed by atoms with Crippen LogP contribution in [-0.4, -0.2) is 31.0 Å². The van der Waals surface area contributed by atoms with E-state index in [0.29, 0.717) is 12.5 Å². The van der Waals surface area contributed by atoms with Crippen LogP contribution >= 0.6 is 0 Å². The first-order chi connectivity index (χ1) is 10.1. The summed E-state index contributed by atoms with van der Waals surface area (Å²) in [6.07, 6.45) is 2.05. The van der Waals surface area contributed by atoms with Crippen molar-refractivity contribution in [2.75, 3.05) is 19.8 Å². The van der Waals surface area contributed by atoms with E-state index < -0.39 is 5.54 Å². The van der Waals surface area contributed by atoms with Gasteiger partial charge >= 0.3 is 0 Å². The van der Waals surface area contributed by atoms with Gasteiger partial charge in [-0.25, -0.2) is 0 Å². The molecular weight excluding hydrogens is 262 g/mol. The quantitative estimate of drug-likeness (QED) is 0.695. The van der Waals surface area contributed by atoms with Gasteiger partial charge < -0.3 is 15.2 Å². The standard InChI is InChI=1S/C18H31NO2/c1-5-12-19-18(14-20,17-9-7-6-8-10-17)11-13-21-16(4)15(2)3/h6-10,15-16,19-20H,5,11-14H2,1-4H3. The van der Waals surface area contributed by atoms with E-state index in [4.69, 9.17) is 4.74 Å². The fraction of sp³-hybridized carbons (Fsp3) is 0.667. The second kappa shape index (κ2) is 9.19. The maximum absolute atomic E-state index is 10.0. The lowest BCUT2D eigenvalue weighted by Crippen LogP contribution is -2.47. The Morgan fingerprint density at radius 2 is 1.86 bits per heavy atom. The molecular formula is C18H31NO2. The van der Waals surface area contributed by atoms with Crippen LogP contribution in [0.4, 0.5) is 0 Å². The van der Waals surface area contributed by atoms with Crippen LogP contribution in [0.25, 0.3) is 0 Å². The van der Waals surface area contributed by atoms with E-state index in [2.05, 4.69) is 45.1 Å². The number of hydrogen-bond acceptors (Lipinski definition) is 3. The maximum atomic E-state index is 10.0. The molecule has 0 spiro atoms. The van der Waals surface area contributed by atoms with Gasteiger partial charge in [0.15, 0.2) is 0 Å². The third kappa shape index (κ3) is 5.42. The van der Waals surface area contributed by atoms with Crippen LogP contribution in [-0.2, 0) is 10.3 Å². The highest BCUT2D eigenvalue weighted by Gasteiger charge is 2.30. The van der Waals surface area contributed by atoms with Crippen LogP contribution in [0.2, 0.25) is 0 Å². The number of hydrogen-bond donors (Lipinski definition) is 2. The third-order valence-electron chi connectivity index (χ3n) is 4.16. The zero-order valence-electron chi connectivity index (χ0n) is 13.9. The molecule has 120 valence electrons. The minimum Gasteiger partial charge on any atom is -0.394 e. The summed E-state index contributed by atoms with van der Waals surface area (Å²) in [7, 11) is 0. The lowest BCUT2D eigenvalue weighted by molar-refractivity contribution is 0.0133. The minimum atomic E-state index is -0.409. The molecule has 0 saturated carbocycles. The van der Waals surface area contributed by atoms with Crippen molar-refractivity contribution < 1.29 is 9.84 Å². The number of benzene rings is 1. The van der Waals surface area contributed by atoms with E-state index in [9.17, 15) is 5.11 Å². The second-order valence-corrected chi connectivity index (χ2v) is 6.10. The average Bonchev–Trinajstić information content (AvgIpc) is 2.51. The number of aliphatic hydroxyl groups excluding tert-OH is 1. The molecule has 0 aliphatic heterocycles. The Balaban J connectivity index is 2.76. The Labute approximate surface area is 129 Å². The number of rotatable bonds is 10. The van der Waals surface area contributed by atoms with Crippen molar-refractivity contribution in [2.24, 2.45) is 5.92 Å². The van der Waals surface area contributed by atoms with Gasteiger partial charge in [0.25, 0.3) is 0 Å². The minimum absolute atomic E-state index is 0.0798. The van der Waals surface area contributed by atoms with Gasteiger partial charge in [-0.2, -0.15) is 0 Å². The fourth-order valence-corrected chi connectivity index (χ4v) is 2.29. The Morgan fingerprint density at radius 3 is 2.38 bits per heavy atom. The molecule has 0 radical (unpaired) electrons. The van der Waals surface area contributed by atoms with Gasteiger partial charge in [0.2, 0.25) is 0 Å². The molecule has 21 heavy (non-hydrogen) atoms. The average molecular weight is 293 g/mol. The molecule has 1 aromatic carbocycles. The van der Waals surface area contributed by atoms with E-state index >= 15 is 0 Å². The summed E-state index contributed by atoms with van der Waals surface area (Å²) in [6, 6.07) is 10.2. The summed E-state index contributed by atoms with van der Waals surface area (Å²) in [5.41, 5.74) is 0.718. The van der Waals surface area contributed by atoms with Crippen molar-refractivity contribution in [2.45, 2.75) is 52.2 Å². The molecule has 0 bridgehead atoms. The molecule has 0 aliphatic rings. The lowest BCUT2D eigenvalue weighted by Gasteiger charge is -2.34. The summed E-state index contributed by atoms with van der Waals surface area (Å²) >= 11 is 0. The number of ether oxygens (including phenoxy) is 1. The van der Waals surface area contributed by atoms with Crippen LogP contribution in [0, 0.1) is 5.92 Å². The van der Waals surface area contributed by atoms with Crippen LogP contribution in [0.5, 0.6) is 0 Å². The van der Waals surface area contributed by atoms with Gasteiger partial charge in [-0.15, -0.1) is 0 Å². The Hall–Kier alpha value is -0.900. The largest absolute Gasteiger partial charge is 0.394 e. The van der Waals surface area contributed by atoms with Crippen LogP contribution in [0.3, 0.4) is 0 Å². The smallest absolute Gasteiger partial charge is 0.0691 e. The van der Waals surface area contributed by atoms with Crippen LogP contribution in [0.1, 0.15) is 46.1 Å². The molecule has 0 saturated heterocycles. The molecule has 1 rings (SSSR count). The first kappa shape index (κ1) is 18.1. The Morgan fingerprint density at radius 1 is 1.19 bits per heavy atom. The van der Waals surface area contributed by atoms with Gasteiger partial charge in [0, 0.05) is 6.61 Å². The van der Waals surface area contributed by atoms with Crippen molar-refractivity contribution in [3.63, 3.8) is 0 Å². The van der Waals surface area contributed by atoms with Crippen molar-refractivity contribution in [1.29, 1.82) is 0 Å². The summed E-state index contributed by atoms with van der Waals surface area (Å²) in [5, 5.41) is 13.5. The highest BCUT2D eigenvalue weighted by atomic mass is 16.5. The predicted octanol–water partition coefficient (Wildman–Crippen LogP) is 3.33. The summed E-state index contributed by atoms with van der Waals surface area (Å²) in [4.78, 5) is 0. The van der Waals surface area contributed by atoms with E-state index in [1.807, 2.05) is 18.2 Å². The van der Waals surface area contributed by atoms with Crippen molar-refractivity contribution in [3.05, 3.63) is 35.9 Å². The molecule has 0 aliphatic carbocycles. The van der Waals surface area contributed by atoms with Crippen molar-refractivity contribution in [3.8, 4) is 0 Å². The SMILES string of the molecule is CCCNC(CO)(CCOC(C)C(C)C)c1ccccc1. The third-order valence-corrected chi connectivity index (χ3v) is 4.16. The molecule has 0 amide bonds. The normalized spacial score (nSPS) is 15.9. The fourth-order valence-electron chi connectivity index (χ4n) is 2.29. The highest BCUT2D eigenvalue weighted by Crippen LogP contribution is 2.25. The number of nitrogens with one attached hydrogen (secondary N) is 1. The molecule has 0 heterocycles. The van der Waals surface area contributed by atoms with Crippen molar-refractivity contribution >= 4 is 0 Å². The highest BCUT2D eigenvalue weighted by molar-refractivity contribution is 5.24. The molecule has 1 aromatic rings. The summed E-state index contributed by atoms with van der Waals surface area (Å²) < 4.78 is 5.91. The van der Waals surface area contributed by atoms with Gasteiger partial charge in [-0.1, -0.05) is 51.1 Å². The molecule has 2 atom stereocenters. The first-order valence-corrected chi connectivity index (χ1v) is 8.08. The molecule has 0 aromatic heterocycles. The summed E-state index contributed by atoms with van der Waals surface area (Å²) in [5.74, 6) is 0.508. The maximum Gasteiger partial charge on any atom is 0.0691 e. The Kier molecular flexibility index (Phi) is 7.94. The van der Waals surface area contributed by atoms with E-state index in [0.717, 1.165) is 24.9 Å². The van der Waals surface area contributed by atoms with E-state index in [-0.39, 0.29) is 12.7 Å². The van der Waals surface area contributed by atoms with Crippen molar-refractivity contribution in [1.82, 2.24) is 5.32 Å². The summed E-state index contributed by atoms with van der Waals surface area (Å²) in [6.45, 7) is 10.2. The Bertz CT molecular complexity index is 380. The molecule has 3 nitrogen and oxygen atoms in total. The topological polar surface area (TPSA) is 41.5 Å². The van der Waals surface area contributed by atoms with Gasteiger partial charge in [-0.3, -0.25) is 0 Å². The van der Waals surface area contributed by atoms with Gasteiger partial charge in [0.05, 0.1) is 18.2 Å². The molecule has 3 heteroatoms. The number of aliphatic hydroxyl groups is 1. The second-order valence-electron chi connectivity index (χ2n) is 6.10. The zero-order valence-corrected chi connectivity index (χ0v) is 13.9. The molecule has 2 unspecified atom stereocenters. The van der Waals surface area contributed by atoms with Gasteiger partial charge in [0.1, 0.15) is 0 Å².